The van der Waals surface area contributed by atoms with Crippen LogP contribution in [0.1, 0.15) is 5.56 Å². The molecule has 0 bridgehead atoms. The molecule has 120 valence electrons. The Morgan fingerprint density at radius 2 is 1.79 bits per heavy atom. The molecule has 0 radical (unpaired) electrons. The molecule has 0 aliphatic carbocycles. The summed E-state index contributed by atoms with van der Waals surface area (Å²) in [5.41, 5.74) is 2.74. The minimum Gasteiger partial charge on any atom is -0.486 e. The highest BCUT2D eigenvalue weighted by Crippen LogP contribution is 2.42. The number of ether oxygens (including phenoxy) is 3. The van der Waals surface area contributed by atoms with Crippen molar-refractivity contribution in [1.29, 1.82) is 0 Å². The van der Waals surface area contributed by atoms with E-state index in [2.05, 4.69) is 9.97 Å². The second-order valence-electron chi connectivity index (χ2n) is 5.35. The zero-order valence-electron chi connectivity index (χ0n) is 13.0. The molecule has 3 aromatic rings. The van der Waals surface area contributed by atoms with Crippen molar-refractivity contribution in [3.63, 3.8) is 0 Å². The average Bonchev–Trinajstić information content (AvgIpc) is 2.67. The van der Waals surface area contributed by atoms with Crippen LogP contribution in [0.2, 0.25) is 0 Å². The van der Waals surface area contributed by atoms with E-state index in [-0.39, 0.29) is 0 Å². The first-order valence-corrected chi connectivity index (χ1v) is 7.77. The highest BCUT2D eigenvalue weighted by atomic mass is 16.6. The van der Waals surface area contributed by atoms with Crippen molar-refractivity contribution in [3.05, 3.63) is 66.6 Å². The number of hydrogen-bond donors (Lipinski definition) is 0. The molecule has 1 aliphatic heterocycles. The Kier molecular flexibility index (Phi) is 3.98. The predicted molar refractivity (Wildman–Crippen MR) is 89.2 cm³/mol. The summed E-state index contributed by atoms with van der Waals surface area (Å²) in [6.07, 6.45) is 3.22. The molecule has 2 heterocycles. The maximum atomic E-state index is 5.92. The van der Waals surface area contributed by atoms with Crippen LogP contribution >= 0.6 is 0 Å². The zero-order valence-corrected chi connectivity index (χ0v) is 13.0. The van der Waals surface area contributed by atoms with Gasteiger partial charge < -0.3 is 14.2 Å². The second-order valence-corrected chi connectivity index (χ2v) is 5.35. The molecule has 1 aromatic heterocycles. The monoisotopic (exact) mass is 320 g/mol. The Morgan fingerprint density at radius 1 is 0.917 bits per heavy atom. The van der Waals surface area contributed by atoms with Gasteiger partial charge in [-0.2, -0.15) is 0 Å². The molecular formula is C19H16N2O3. The van der Waals surface area contributed by atoms with Gasteiger partial charge in [0.15, 0.2) is 11.5 Å². The molecule has 5 heteroatoms. The molecule has 0 spiro atoms. The molecule has 1 aliphatic rings. The van der Waals surface area contributed by atoms with E-state index in [1.165, 1.54) is 6.33 Å². The Morgan fingerprint density at radius 3 is 2.71 bits per heavy atom. The van der Waals surface area contributed by atoms with Gasteiger partial charge in [-0.25, -0.2) is 9.97 Å². The van der Waals surface area contributed by atoms with E-state index in [1.807, 2.05) is 48.5 Å². The second kappa shape index (κ2) is 6.58. The first-order chi connectivity index (χ1) is 11.9. The van der Waals surface area contributed by atoms with Crippen LogP contribution in [-0.2, 0) is 6.61 Å². The molecule has 0 saturated carbocycles. The summed E-state index contributed by atoms with van der Waals surface area (Å²) in [6.45, 7) is 1.52. The summed E-state index contributed by atoms with van der Waals surface area (Å²) >= 11 is 0. The van der Waals surface area contributed by atoms with Crippen molar-refractivity contribution in [2.75, 3.05) is 13.2 Å². The van der Waals surface area contributed by atoms with E-state index < -0.39 is 0 Å². The zero-order chi connectivity index (χ0) is 16.2. The molecule has 0 atom stereocenters. The molecule has 5 nitrogen and oxygen atoms in total. The van der Waals surface area contributed by atoms with Crippen LogP contribution < -0.4 is 14.2 Å². The molecule has 4 rings (SSSR count). The summed E-state index contributed by atoms with van der Waals surface area (Å²) in [4.78, 5) is 8.43. The summed E-state index contributed by atoms with van der Waals surface area (Å²) in [5.74, 6) is 1.97. The molecule has 0 unspecified atom stereocenters. The van der Waals surface area contributed by atoms with Gasteiger partial charge in [0.2, 0.25) is 5.88 Å². The molecule has 2 aromatic carbocycles. The van der Waals surface area contributed by atoms with Gasteiger partial charge >= 0.3 is 0 Å². The summed E-state index contributed by atoms with van der Waals surface area (Å²) < 4.78 is 17.4. The van der Waals surface area contributed by atoms with E-state index in [9.17, 15) is 0 Å². The Bertz CT molecular complexity index is 837. The number of para-hydroxylation sites is 1. The van der Waals surface area contributed by atoms with Gasteiger partial charge in [0.25, 0.3) is 0 Å². The molecule has 0 N–H and O–H groups in total. The van der Waals surface area contributed by atoms with E-state index in [1.54, 1.807) is 6.20 Å². The SMILES string of the molecule is c1ccc(COc2ncncc2-c2cccc3c2OCCO3)cc1. The van der Waals surface area contributed by atoms with E-state index >= 15 is 0 Å². The highest BCUT2D eigenvalue weighted by molar-refractivity contribution is 5.76. The van der Waals surface area contributed by atoms with Gasteiger partial charge in [0.1, 0.15) is 26.1 Å². The topological polar surface area (TPSA) is 53.5 Å². The van der Waals surface area contributed by atoms with Crippen molar-refractivity contribution in [2.24, 2.45) is 0 Å². The summed E-state index contributed by atoms with van der Waals surface area (Å²) in [7, 11) is 0. The van der Waals surface area contributed by atoms with Crippen LogP contribution in [0.3, 0.4) is 0 Å². The van der Waals surface area contributed by atoms with E-state index in [0.717, 1.165) is 22.4 Å². The van der Waals surface area contributed by atoms with Crippen LogP contribution in [-0.4, -0.2) is 23.2 Å². The largest absolute Gasteiger partial charge is 0.486 e. The minimum absolute atomic E-state index is 0.442. The maximum absolute atomic E-state index is 5.92. The first-order valence-electron chi connectivity index (χ1n) is 7.77. The van der Waals surface area contributed by atoms with Gasteiger partial charge in [-0.1, -0.05) is 42.5 Å². The molecule has 0 amide bonds. The third-order valence-electron chi connectivity index (χ3n) is 3.75. The minimum atomic E-state index is 0.442. The fraction of sp³-hybridized carbons (Fsp3) is 0.158. The van der Waals surface area contributed by atoms with Crippen LogP contribution in [0.5, 0.6) is 17.4 Å². The highest BCUT2D eigenvalue weighted by Gasteiger charge is 2.20. The van der Waals surface area contributed by atoms with Gasteiger partial charge in [-0.05, 0) is 11.6 Å². The van der Waals surface area contributed by atoms with Crippen molar-refractivity contribution in [1.82, 2.24) is 9.97 Å². The Labute approximate surface area is 139 Å². The maximum Gasteiger partial charge on any atom is 0.224 e. The lowest BCUT2D eigenvalue weighted by atomic mass is 10.1. The summed E-state index contributed by atoms with van der Waals surface area (Å²) in [5, 5.41) is 0. The van der Waals surface area contributed by atoms with E-state index in [4.69, 9.17) is 14.2 Å². The lowest BCUT2D eigenvalue weighted by Gasteiger charge is -2.21. The normalized spacial score (nSPS) is 12.7. The predicted octanol–water partition coefficient (Wildman–Crippen LogP) is 3.49. The van der Waals surface area contributed by atoms with Crippen molar-refractivity contribution in [2.45, 2.75) is 6.61 Å². The number of aromatic nitrogens is 2. The van der Waals surface area contributed by atoms with Gasteiger partial charge in [-0.15, -0.1) is 0 Å². The van der Waals surface area contributed by atoms with E-state index in [0.29, 0.717) is 31.5 Å². The third-order valence-corrected chi connectivity index (χ3v) is 3.75. The number of nitrogens with zero attached hydrogens (tertiary/aromatic N) is 2. The Hall–Kier alpha value is -3.08. The van der Waals surface area contributed by atoms with Crippen LogP contribution in [0.25, 0.3) is 11.1 Å². The van der Waals surface area contributed by atoms with Gasteiger partial charge in [0, 0.05) is 11.8 Å². The standard InChI is InChI=1S/C19H16N2O3/c1-2-5-14(6-3-1)12-24-19-16(11-20-13-21-19)15-7-4-8-17-18(15)23-10-9-22-17/h1-8,11,13H,9-10,12H2. The number of benzene rings is 2. The van der Waals surface area contributed by atoms with Crippen molar-refractivity contribution >= 4 is 0 Å². The molecular weight excluding hydrogens is 304 g/mol. The number of hydrogen-bond acceptors (Lipinski definition) is 5. The lowest BCUT2D eigenvalue weighted by Crippen LogP contribution is -2.16. The Balaban J connectivity index is 1.67. The average molecular weight is 320 g/mol. The fourth-order valence-corrected chi connectivity index (χ4v) is 2.63. The van der Waals surface area contributed by atoms with Crippen molar-refractivity contribution in [3.8, 4) is 28.5 Å². The fourth-order valence-electron chi connectivity index (χ4n) is 2.63. The first kappa shape index (κ1) is 14.5. The third kappa shape index (κ3) is 2.88. The molecule has 0 saturated heterocycles. The molecule has 24 heavy (non-hydrogen) atoms. The van der Waals surface area contributed by atoms with Gasteiger partial charge in [0.05, 0.1) is 5.56 Å². The number of fused-ring (bicyclic) bond motifs is 1. The smallest absolute Gasteiger partial charge is 0.224 e. The van der Waals surface area contributed by atoms with Crippen LogP contribution in [0.15, 0.2) is 61.1 Å². The quantitative estimate of drug-likeness (QED) is 0.736. The molecule has 0 fully saturated rings. The number of rotatable bonds is 4. The lowest BCUT2D eigenvalue weighted by molar-refractivity contribution is 0.172. The van der Waals surface area contributed by atoms with Gasteiger partial charge in [-0.3, -0.25) is 0 Å². The van der Waals surface area contributed by atoms with Crippen LogP contribution in [0, 0.1) is 0 Å². The van der Waals surface area contributed by atoms with Crippen molar-refractivity contribution < 1.29 is 14.2 Å². The summed E-state index contributed by atoms with van der Waals surface area (Å²) in [6, 6.07) is 15.8. The van der Waals surface area contributed by atoms with Crippen LogP contribution in [0.4, 0.5) is 0 Å².